The Labute approximate surface area is 204 Å². The summed E-state index contributed by atoms with van der Waals surface area (Å²) in [7, 11) is 4.84. The lowest BCUT2D eigenvalue weighted by atomic mass is 10.1. The SMILES string of the molecule is COc1cccc(N2CC(C(=O)NCCN3CCN(C(=O)c4cn(C)nc4OC)CC3)CC2=O)c1. The molecule has 11 nitrogen and oxygen atoms in total. The number of carbonyl (C=O) groups is 3. The second-order valence-electron chi connectivity index (χ2n) is 8.76. The van der Waals surface area contributed by atoms with E-state index in [1.54, 1.807) is 40.9 Å². The molecule has 3 heterocycles. The molecule has 2 aliphatic heterocycles. The highest BCUT2D eigenvalue weighted by Gasteiger charge is 2.35. The first kappa shape index (κ1) is 24.5. The van der Waals surface area contributed by atoms with Crippen LogP contribution in [-0.2, 0) is 16.6 Å². The Morgan fingerprint density at radius 2 is 1.91 bits per heavy atom. The highest BCUT2D eigenvalue weighted by atomic mass is 16.5. The van der Waals surface area contributed by atoms with E-state index < -0.39 is 0 Å². The summed E-state index contributed by atoms with van der Waals surface area (Å²) >= 11 is 0. The minimum absolute atomic E-state index is 0.0653. The number of anilines is 1. The number of benzene rings is 1. The van der Waals surface area contributed by atoms with Crippen molar-refractivity contribution >= 4 is 23.4 Å². The van der Waals surface area contributed by atoms with Crippen molar-refractivity contribution in [2.45, 2.75) is 6.42 Å². The number of ether oxygens (including phenoxy) is 2. The number of hydrogen-bond acceptors (Lipinski definition) is 7. The van der Waals surface area contributed by atoms with E-state index in [4.69, 9.17) is 9.47 Å². The molecule has 1 aromatic carbocycles. The molecule has 2 aliphatic rings. The van der Waals surface area contributed by atoms with Crippen molar-refractivity contribution in [1.29, 1.82) is 0 Å². The van der Waals surface area contributed by atoms with Crippen molar-refractivity contribution in [1.82, 2.24) is 24.9 Å². The van der Waals surface area contributed by atoms with Crippen LogP contribution in [0.25, 0.3) is 0 Å². The standard InChI is InChI=1S/C24H32N6O5/c1-27-16-20(23(26-27)35-3)24(33)29-11-9-28(10-12-29)8-7-25-22(32)17-13-21(31)30(15-17)18-5-4-6-19(14-18)34-2/h4-6,14,16-17H,7-13,15H2,1-3H3,(H,25,32). The molecule has 0 radical (unpaired) electrons. The first-order chi connectivity index (χ1) is 16.9. The molecule has 3 amide bonds. The highest BCUT2D eigenvalue weighted by molar-refractivity contribution is 6.00. The number of methoxy groups -OCH3 is 2. The molecule has 4 rings (SSSR count). The zero-order valence-corrected chi connectivity index (χ0v) is 20.4. The van der Waals surface area contributed by atoms with Crippen LogP contribution in [0.5, 0.6) is 11.6 Å². The average Bonchev–Trinajstić information content (AvgIpc) is 3.46. The Hall–Kier alpha value is -3.60. The van der Waals surface area contributed by atoms with Crippen molar-refractivity contribution in [3.05, 3.63) is 36.0 Å². The molecule has 0 spiro atoms. The van der Waals surface area contributed by atoms with Gasteiger partial charge >= 0.3 is 0 Å². The maximum Gasteiger partial charge on any atom is 0.261 e. The van der Waals surface area contributed by atoms with E-state index in [0.717, 1.165) is 18.8 Å². The maximum absolute atomic E-state index is 12.8. The molecule has 188 valence electrons. The summed E-state index contributed by atoms with van der Waals surface area (Å²) in [5.74, 6) is 0.361. The van der Waals surface area contributed by atoms with Crippen LogP contribution in [0.15, 0.2) is 30.5 Å². The van der Waals surface area contributed by atoms with E-state index in [-0.39, 0.29) is 30.1 Å². The fourth-order valence-electron chi connectivity index (χ4n) is 4.50. The summed E-state index contributed by atoms with van der Waals surface area (Å²) in [4.78, 5) is 43.7. The monoisotopic (exact) mass is 484 g/mol. The van der Waals surface area contributed by atoms with Gasteiger partial charge in [-0.15, -0.1) is 5.10 Å². The molecule has 2 saturated heterocycles. The van der Waals surface area contributed by atoms with Gasteiger partial charge in [-0.2, -0.15) is 0 Å². The summed E-state index contributed by atoms with van der Waals surface area (Å²) < 4.78 is 12.0. The molecule has 2 aromatic rings. The fraction of sp³-hybridized carbons (Fsp3) is 0.500. The largest absolute Gasteiger partial charge is 0.497 e. The Morgan fingerprint density at radius 1 is 1.14 bits per heavy atom. The van der Waals surface area contributed by atoms with Crippen LogP contribution in [0.4, 0.5) is 5.69 Å². The molecule has 1 unspecified atom stereocenters. The van der Waals surface area contributed by atoms with Gasteiger partial charge < -0.3 is 24.6 Å². The third-order valence-electron chi connectivity index (χ3n) is 6.47. The number of nitrogens with one attached hydrogen (secondary N) is 1. The Morgan fingerprint density at radius 3 is 2.63 bits per heavy atom. The van der Waals surface area contributed by atoms with Crippen molar-refractivity contribution in [3.8, 4) is 11.6 Å². The number of aromatic nitrogens is 2. The molecule has 0 aliphatic carbocycles. The second-order valence-corrected chi connectivity index (χ2v) is 8.76. The molecule has 35 heavy (non-hydrogen) atoms. The number of nitrogens with zero attached hydrogens (tertiary/aromatic N) is 5. The molecule has 1 atom stereocenters. The first-order valence-electron chi connectivity index (χ1n) is 11.7. The van der Waals surface area contributed by atoms with Crippen molar-refractivity contribution in [3.63, 3.8) is 0 Å². The third-order valence-corrected chi connectivity index (χ3v) is 6.47. The van der Waals surface area contributed by atoms with E-state index in [1.165, 1.54) is 7.11 Å². The van der Waals surface area contributed by atoms with Crippen LogP contribution in [0, 0.1) is 5.92 Å². The number of aryl methyl sites for hydroxylation is 1. The summed E-state index contributed by atoms with van der Waals surface area (Å²) in [5.41, 5.74) is 1.20. The molecule has 11 heteroatoms. The van der Waals surface area contributed by atoms with Gasteiger partial charge in [0, 0.05) is 77.2 Å². The van der Waals surface area contributed by atoms with Gasteiger partial charge in [-0.3, -0.25) is 24.0 Å². The van der Waals surface area contributed by atoms with Gasteiger partial charge in [-0.1, -0.05) is 6.07 Å². The summed E-state index contributed by atoms with van der Waals surface area (Å²) in [6.07, 6.45) is 1.87. The van der Waals surface area contributed by atoms with Gasteiger partial charge in [0.05, 0.1) is 20.1 Å². The van der Waals surface area contributed by atoms with Crippen molar-refractivity contribution in [2.24, 2.45) is 13.0 Å². The van der Waals surface area contributed by atoms with Gasteiger partial charge in [-0.05, 0) is 12.1 Å². The Bertz CT molecular complexity index is 1080. The molecular formula is C24H32N6O5. The van der Waals surface area contributed by atoms with Gasteiger partial charge in [0.15, 0.2) is 0 Å². The van der Waals surface area contributed by atoms with Crippen LogP contribution < -0.4 is 19.7 Å². The minimum atomic E-state index is -0.377. The quantitative estimate of drug-likeness (QED) is 0.576. The normalized spacial score (nSPS) is 18.6. The predicted octanol–water partition coefficient (Wildman–Crippen LogP) is 0.364. The number of carbonyl (C=O) groups excluding carboxylic acids is 3. The third kappa shape index (κ3) is 5.56. The van der Waals surface area contributed by atoms with Crippen LogP contribution in [0.3, 0.4) is 0 Å². The van der Waals surface area contributed by atoms with Gasteiger partial charge in [0.1, 0.15) is 11.3 Å². The smallest absolute Gasteiger partial charge is 0.261 e. The Balaban J connectivity index is 1.20. The zero-order valence-electron chi connectivity index (χ0n) is 20.4. The number of hydrogen-bond donors (Lipinski definition) is 1. The highest BCUT2D eigenvalue weighted by Crippen LogP contribution is 2.28. The predicted molar refractivity (Wildman–Crippen MR) is 129 cm³/mol. The number of amides is 3. The van der Waals surface area contributed by atoms with Crippen LogP contribution in [0.1, 0.15) is 16.8 Å². The van der Waals surface area contributed by atoms with Gasteiger partial charge in [0.2, 0.25) is 17.7 Å². The maximum atomic E-state index is 12.8. The molecule has 0 saturated carbocycles. The van der Waals surface area contributed by atoms with E-state index in [1.807, 2.05) is 18.2 Å². The molecular weight excluding hydrogens is 452 g/mol. The van der Waals surface area contributed by atoms with Gasteiger partial charge in [0.25, 0.3) is 5.91 Å². The van der Waals surface area contributed by atoms with Crippen LogP contribution in [-0.4, -0.2) is 97.3 Å². The summed E-state index contributed by atoms with van der Waals surface area (Å²) in [6, 6.07) is 7.29. The Kier molecular flexibility index (Phi) is 7.54. The lowest BCUT2D eigenvalue weighted by molar-refractivity contribution is -0.126. The lowest BCUT2D eigenvalue weighted by Crippen LogP contribution is -2.50. The van der Waals surface area contributed by atoms with E-state index in [2.05, 4.69) is 15.3 Å². The van der Waals surface area contributed by atoms with Gasteiger partial charge in [-0.25, -0.2) is 0 Å². The number of piperazine rings is 1. The fourth-order valence-corrected chi connectivity index (χ4v) is 4.50. The number of rotatable bonds is 8. The van der Waals surface area contributed by atoms with E-state index >= 15 is 0 Å². The summed E-state index contributed by atoms with van der Waals surface area (Å²) in [5, 5.41) is 7.12. The van der Waals surface area contributed by atoms with Crippen molar-refractivity contribution in [2.75, 3.05) is 64.9 Å². The molecule has 0 bridgehead atoms. The molecule has 2 fully saturated rings. The van der Waals surface area contributed by atoms with Crippen molar-refractivity contribution < 1.29 is 23.9 Å². The zero-order chi connectivity index (χ0) is 24.9. The topological polar surface area (TPSA) is 109 Å². The molecule has 1 aromatic heterocycles. The summed E-state index contributed by atoms with van der Waals surface area (Å²) in [6.45, 7) is 4.16. The first-order valence-corrected chi connectivity index (χ1v) is 11.7. The van der Waals surface area contributed by atoms with E-state index in [0.29, 0.717) is 49.9 Å². The minimum Gasteiger partial charge on any atom is -0.497 e. The second kappa shape index (κ2) is 10.8. The average molecular weight is 485 g/mol. The van der Waals surface area contributed by atoms with Crippen LogP contribution >= 0.6 is 0 Å². The lowest BCUT2D eigenvalue weighted by Gasteiger charge is -2.34. The van der Waals surface area contributed by atoms with E-state index in [9.17, 15) is 14.4 Å². The molecule has 1 N–H and O–H groups in total. The van der Waals surface area contributed by atoms with Crippen LogP contribution in [0.2, 0.25) is 0 Å².